The molecule has 0 aromatic heterocycles. The zero-order chi connectivity index (χ0) is 20.8. The van der Waals surface area contributed by atoms with E-state index in [1.54, 1.807) is 0 Å². The van der Waals surface area contributed by atoms with Gasteiger partial charge in [0.1, 0.15) is 0 Å². The van der Waals surface area contributed by atoms with Crippen molar-refractivity contribution in [3.8, 4) is 0 Å². The van der Waals surface area contributed by atoms with Gasteiger partial charge in [-0.1, -0.05) is 18.2 Å². The Bertz CT molecular complexity index is 739. The van der Waals surface area contributed by atoms with Crippen LogP contribution in [0.15, 0.2) is 24.3 Å². The molecule has 1 aromatic rings. The molecule has 3 rings (SSSR count). The van der Waals surface area contributed by atoms with Crippen LogP contribution in [0.25, 0.3) is 0 Å². The molecule has 29 heavy (non-hydrogen) atoms. The Morgan fingerprint density at radius 3 is 2.48 bits per heavy atom. The number of rotatable bonds is 7. The number of carbonyl (C=O) groups excluding carboxylic acids is 3. The average molecular weight is 401 g/mol. The molecule has 1 aromatic carbocycles. The molecular formula is C22H32N4O3. The summed E-state index contributed by atoms with van der Waals surface area (Å²) >= 11 is 0. The number of benzene rings is 1. The summed E-state index contributed by atoms with van der Waals surface area (Å²) in [5.74, 6) is 0.114. The monoisotopic (exact) mass is 400 g/mol. The lowest BCUT2D eigenvalue weighted by Crippen LogP contribution is -2.51. The average Bonchev–Trinajstić information content (AvgIpc) is 2.73. The number of hydrogen-bond acceptors (Lipinski definition) is 4. The van der Waals surface area contributed by atoms with Crippen molar-refractivity contribution in [1.29, 1.82) is 0 Å². The number of nitrogens with zero attached hydrogens (tertiary/aromatic N) is 3. The third-order valence-corrected chi connectivity index (χ3v) is 6.02. The lowest BCUT2D eigenvalue weighted by Gasteiger charge is -2.35. The lowest BCUT2D eigenvalue weighted by atomic mass is 9.89. The van der Waals surface area contributed by atoms with Crippen LogP contribution in [0, 0.1) is 5.92 Å². The van der Waals surface area contributed by atoms with Crippen LogP contribution < -0.4 is 5.32 Å². The number of nitrogens with one attached hydrogen (secondary N) is 1. The minimum Gasteiger partial charge on any atom is -0.342 e. The summed E-state index contributed by atoms with van der Waals surface area (Å²) in [4.78, 5) is 43.0. The number of fused-ring (bicyclic) bond motifs is 1. The SMILES string of the molecule is CCN(CC)C(=O)CN1CCN(C(=O)CCC2Cc3ccccc3NC2=O)CC1. The second-order valence-corrected chi connectivity index (χ2v) is 7.81. The quantitative estimate of drug-likeness (QED) is 0.754. The van der Waals surface area contributed by atoms with E-state index in [0.29, 0.717) is 38.9 Å². The lowest BCUT2D eigenvalue weighted by molar-refractivity contribution is -0.135. The summed E-state index contributed by atoms with van der Waals surface area (Å²) in [5.41, 5.74) is 2.02. The molecule has 3 amide bonds. The van der Waals surface area contributed by atoms with Gasteiger partial charge in [0.05, 0.1) is 6.54 Å². The summed E-state index contributed by atoms with van der Waals surface area (Å²) in [7, 11) is 0. The number of hydrogen-bond donors (Lipinski definition) is 1. The molecule has 0 spiro atoms. The summed E-state index contributed by atoms with van der Waals surface area (Å²) in [6.07, 6.45) is 1.65. The van der Waals surface area contributed by atoms with Crippen LogP contribution in [-0.4, -0.2) is 78.2 Å². The van der Waals surface area contributed by atoms with E-state index >= 15 is 0 Å². The van der Waals surface area contributed by atoms with Gasteiger partial charge in [-0.2, -0.15) is 0 Å². The first-order valence-electron chi connectivity index (χ1n) is 10.7. The highest BCUT2D eigenvalue weighted by Gasteiger charge is 2.28. The molecule has 2 aliphatic rings. The highest BCUT2D eigenvalue weighted by atomic mass is 16.2. The fraction of sp³-hybridized carbons (Fsp3) is 0.591. The van der Waals surface area contributed by atoms with Crippen molar-refractivity contribution in [3.05, 3.63) is 29.8 Å². The maximum atomic E-state index is 12.6. The van der Waals surface area contributed by atoms with Crippen LogP contribution >= 0.6 is 0 Å². The summed E-state index contributed by atoms with van der Waals surface area (Å²) in [6, 6.07) is 7.84. The maximum Gasteiger partial charge on any atom is 0.236 e. The number of para-hydroxylation sites is 1. The summed E-state index contributed by atoms with van der Waals surface area (Å²) < 4.78 is 0. The number of likely N-dealkylation sites (N-methyl/N-ethyl adjacent to an activating group) is 1. The first kappa shape index (κ1) is 21.3. The predicted molar refractivity (Wildman–Crippen MR) is 112 cm³/mol. The van der Waals surface area contributed by atoms with Crippen LogP contribution in [0.1, 0.15) is 32.3 Å². The van der Waals surface area contributed by atoms with Crippen molar-refractivity contribution in [1.82, 2.24) is 14.7 Å². The van der Waals surface area contributed by atoms with Crippen molar-refractivity contribution >= 4 is 23.4 Å². The van der Waals surface area contributed by atoms with Crippen molar-refractivity contribution < 1.29 is 14.4 Å². The molecule has 7 nitrogen and oxygen atoms in total. The van der Waals surface area contributed by atoms with E-state index in [1.165, 1.54) is 0 Å². The van der Waals surface area contributed by atoms with Gasteiger partial charge in [0, 0.05) is 57.3 Å². The molecule has 1 fully saturated rings. The molecular weight excluding hydrogens is 368 g/mol. The molecule has 0 saturated carbocycles. The van der Waals surface area contributed by atoms with E-state index in [2.05, 4.69) is 10.2 Å². The Kier molecular flexibility index (Phi) is 7.25. The maximum absolute atomic E-state index is 12.6. The Hall–Kier alpha value is -2.41. The first-order valence-corrected chi connectivity index (χ1v) is 10.7. The fourth-order valence-corrected chi connectivity index (χ4v) is 4.13. The van der Waals surface area contributed by atoms with E-state index < -0.39 is 0 Å². The van der Waals surface area contributed by atoms with Crippen LogP contribution in [0.5, 0.6) is 0 Å². The Morgan fingerprint density at radius 2 is 1.79 bits per heavy atom. The number of anilines is 1. The van der Waals surface area contributed by atoms with Gasteiger partial charge >= 0.3 is 0 Å². The minimum absolute atomic E-state index is 0.0104. The van der Waals surface area contributed by atoms with Gasteiger partial charge in [-0.25, -0.2) is 0 Å². The zero-order valence-electron chi connectivity index (χ0n) is 17.5. The van der Waals surface area contributed by atoms with Gasteiger partial charge in [-0.3, -0.25) is 19.3 Å². The smallest absolute Gasteiger partial charge is 0.236 e. The molecule has 0 radical (unpaired) electrons. The predicted octanol–water partition coefficient (Wildman–Crippen LogP) is 1.59. The van der Waals surface area contributed by atoms with E-state index in [1.807, 2.05) is 47.9 Å². The molecule has 1 atom stereocenters. The molecule has 1 N–H and O–H groups in total. The minimum atomic E-state index is -0.151. The van der Waals surface area contributed by atoms with Gasteiger partial charge < -0.3 is 15.1 Å². The molecule has 1 saturated heterocycles. The van der Waals surface area contributed by atoms with E-state index in [4.69, 9.17) is 0 Å². The first-order chi connectivity index (χ1) is 14.0. The highest BCUT2D eigenvalue weighted by molar-refractivity contribution is 5.96. The topological polar surface area (TPSA) is 73.0 Å². The van der Waals surface area contributed by atoms with Crippen LogP contribution in [0.4, 0.5) is 5.69 Å². The molecule has 1 unspecified atom stereocenters. The fourth-order valence-electron chi connectivity index (χ4n) is 4.13. The van der Waals surface area contributed by atoms with E-state index in [-0.39, 0.29) is 23.6 Å². The highest BCUT2D eigenvalue weighted by Crippen LogP contribution is 2.27. The van der Waals surface area contributed by atoms with Crippen LogP contribution in [-0.2, 0) is 20.8 Å². The Labute approximate surface area is 173 Å². The standard InChI is InChI=1S/C22H32N4O3/c1-3-25(4-2)21(28)16-24-11-13-26(14-12-24)20(27)10-9-18-15-17-7-5-6-8-19(17)23-22(18)29/h5-8,18H,3-4,9-16H2,1-2H3,(H,23,29). The Morgan fingerprint density at radius 1 is 1.10 bits per heavy atom. The molecule has 0 bridgehead atoms. The number of piperazine rings is 1. The van der Waals surface area contributed by atoms with Crippen molar-refractivity contribution in [2.45, 2.75) is 33.1 Å². The van der Waals surface area contributed by atoms with Crippen LogP contribution in [0.3, 0.4) is 0 Å². The van der Waals surface area contributed by atoms with Crippen molar-refractivity contribution in [3.63, 3.8) is 0 Å². The number of amides is 3. The van der Waals surface area contributed by atoms with Gasteiger partial charge in [-0.05, 0) is 38.3 Å². The third kappa shape index (κ3) is 5.35. The zero-order valence-corrected chi connectivity index (χ0v) is 17.5. The molecule has 2 aliphatic heterocycles. The van der Waals surface area contributed by atoms with E-state index in [9.17, 15) is 14.4 Å². The summed E-state index contributed by atoms with van der Waals surface area (Å²) in [6.45, 7) is 8.58. The van der Waals surface area contributed by atoms with Crippen molar-refractivity contribution in [2.24, 2.45) is 5.92 Å². The van der Waals surface area contributed by atoms with Crippen LogP contribution in [0.2, 0.25) is 0 Å². The molecule has 0 aliphatic carbocycles. The second-order valence-electron chi connectivity index (χ2n) is 7.81. The summed E-state index contributed by atoms with van der Waals surface area (Å²) in [5, 5.41) is 2.95. The van der Waals surface area contributed by atoms with Gasteiger partial charge in [-0.15, -0.1) is 0 Å². The number of carbonyl (C=O) groups is 3. The third-order valence-electron chi connectivity index (χ3n) is 6.02. The Balaban J connectivity index is 1.42. The van der Waals surface area contributed by atoms with Gasteiger partial charge in [0.15, 0.2) is 0 Å². The largest absolute Gasteiger partial charge is 0.342 e. The van der Waals surface area contributed by atoms with Crippen molar-refractivity contribution in [2.75, 3.05) is 51.1 Å². The molecule has 158 valence electrons. The van der Waals surface area contributed by atoms with Gasteiger partial charge in [0.2, 0.25) is 17.7 Å². The second kappa shape index (κ2) is 9.87. The van der Waals surface area contributed by atoms with E-state index in [0.717, 1.165) is 37.4 Å². The van der Waals surface area contributed by atoms with Gasteiger partial charge in [0.25, 0.3) is 0 Å². The normalized spacial score (nSPS) is 19.4. The molecule has 7 heteroatoms. The molecule has 2 heterocycles.